The Balaban J connectivity index is 1.94. The molecule has 2 aromatic carbocycles. The quantitative estimate of drug-likeness (QED) is 0.769. The number of methoxy groups -OCH3 is 1. The van der Waals surface area contributed by atoms with E-state index in [9.17, 15) is 9.90 Å². The van der Waals surface area contributed by atoms with Crippen LogP contribution in [-0.4, -0.2) is 28.2 Å². The summed E-state index contributed by atoms with van der Waals surface area (Å²) in [5.41, 5.74) is 3.43. The highest BCUT2D eigenvalue weighted by molar-refractivity contribution is 6.01. The van der Waals surface area contributed by atoms with Gasteiger partial charge in [-0.05, 0) is 48.4 Å². The van der Waals surface area contributed by atoms with Crippen molar-refractivity contribution < 1.29 is 14.6 Å². The average Bonchev–Trinajstić information content (AvgIpc) is 2.95. The first-order chi connectivity index (χ1) is 11.1. The number of aryl methyl sites for hydroxylation is 1. The van der Waals surface area contributed by atoms with Crippen LogP contribution in [0.25, 0.3) is 23.2 Å². The number of nitrogens with zero attached hydrogens (tertiary/aromatic N) is 1. The maximum atomic E-state index is 11.2. The Labute approximate surface area is 133 Å². The van der Waals surface area contributed by atoms with E-state index in [4.69, 9.17) is 4.74 Å². The highest BCUT2D eigenvalue weighted by atomic mass is 16.5. The summed E-state index contributed by atoms with van der Waals surface area (Å²) in [5.74, 6) is 0.475. The minimum atomic E-state index is -0.983. The zero-order chi connectivity index (χ0) is 16.4. The van der Waals surface area contributed by atoms with Gasteiger partial charge in [0.1, 0.15) is 17.1 Å². The molecular weight excluding hydrogens is 292 g/mol. The fourth-order valence-corrected chi connectivity index (χ4v) is 2.48. The Hall–Kier alpha value is -3.08. The molecule has 23 heavy (non-hydrogen) atoms. The SMILES string of the molecule is COc1ccc(/C=C/c2nc3c(C(=O)O)cccc3[nH]2)cc1C. The van der Waals surface area contributed by atoms with E-state index in [1.807, 2.05) is 43.3 Å². The van der Waals surface area contributed by atoms with E-state index in [-0.39, 0.29) is 5.56 Å². The van der Waals surface area contributed by atoms with E-state index in [0.29, 0.717) is 16.9 Å². The molecule has 116 valence electrons. The van der Waals surface area contributed by atoms with Gasteiger partial charge in [0, 0.05) is 0 Å². The second-order valence-corrected chi connectivity index (χ2v) is 5.19. The molecular formula is C18H16N2O3. The number of carboxylic acids is 1. The molecule has 5 nitrogen and oxygen atoms in total. The van der Waals surface area contributed by atoms with Crippen LogP contribution in [-0.2, 0) is 0 Å². The molecule has 0 saturated carbocycles. The van der Waals surface area contributed by atoms with Crippen LogP contribution in [0.15, 0.2) is 36.4 Å². The molecule has 3 rings (SSSR count). The summed E-state index contributed by atoms with van der Waals surface area (Å²) in [6, 6.07) is 10.9. The Kier molecular flexibility index (Phi) is 3.85. The number of fused-ring (bicyclic) bond motifs is 1. The smallest absolute Gasteiger partial charge is 0.337 e. The molecule has 1 heterocycles. The van der Waals surface area contributed by atoms with Gasteiger partial charge < -0.3 is 14.8 Å². The molecule has 0 aliphatic heterocycles. The number of nitrogens with one attached hydrogen (secondary N) is 1. The highest BCUT2D eigenvalue weighted by Crippen LogP contribution is 2.21. The lowest BCUT2D eigenvalue weighted by Crippen LogP contribution is -1.96. The Bertz CT molecular complexity index is 910. The Morgan fingerprint density at radius 3 is 2.78 bits per heavy atom. The van der Waals surface area contributed by atoms with Crippen LogP contribution in [0.5, 0.6) is 5.75 Å². The minimum absolute atomic E-state index is 0.193. The number of carbonyl (C=O) groups is 1. The topological polar surface area (TPSA) is 75.2 Å². The van der Waals surface area contributed by atoms with E-state index in [0.717, 1.165) is 16.9 Å². The molecule has 5 heteroatoms. The molecule has 0 spiro atoms. The van der Waals surface area contributed by atoms with Crippen LogP contribution in [0, 0.1) is 6.92 Å². The van der Waals surface area contributed by atoms with Crippen molar-refractivity contribution >= 4 is 29.2 Å². The van der Waals surface area contributed by atoms with Crippen molar-refractivity contribution in [1.82, 2.24) is 9.97 Å². The summed E-state index contributed by atoms with van der Waals surface area (Å²) in [7, 11) is 1.65. The summed E-state index contributed by atoms with van der Waals surface area (Å²) in [4.78, 5) is 18.7. The number of hydrogen-bond donors (Lipinski definition) is 2. The predicted molar refractivity (Wildman–Crippen MR) is 89.7 cm³/mol. The number of carboxylic acid groups (broad SMARTS) is 1. The zero-order valence-electron chi connectivity index (χ0n) is 12.8. The number of aromatic nitrogens is 2. The van der Waals surface area contributed by atoms with Crippen LogP contribution in [0.1, 0.15) is 27.3 Å². The lowest BCUT2D eigenvalue weighted by Gasteiger charge is -2.04. The van der Waals surface area contributed by atoms with E-state index >= 15 is 0 Å². The number of H-pyrrole nitrogens is 1. The number of rotatable bonds is 4. The number of benzene rings is 2. The first-order valence-corrected chi connectivity index (χ1v) is 7.13. The van der Waals surface area contributed by atoms with Crippen molar-refractivity contribution in [3.05, 3.63) is 58.9 Å². The fraction of sp³-hybridized carbons (Fsp3) is 0.111. The van der Waals surface area contributed by atoms with Crippen molar-refractivity contribution in [2.75, 3.05) is 7.11 Å². The average molecular weight is 308 g/mol. The second-order valence-electron chi connectivity index (χ2n) is 5.19. The number of aromatic amines is 1. The molecule has 0 saturated heterocycles. The van der Waals surface area contributed by atoms with Gasteiger partial charge in [0.2, 0.25) is 0 Å². The van der Waals surface area contributed by atoms with Crippen LogP contribution < -0.4 is 4.74 Å². The molecule has 0 atom stereocenters. The third kappa shape index (κ3) is 2.94. The minimum Gasteiger partial charge on any atom is -0.496 e. The van der Waals surface area contributed by atoms with Crippen LogP contribution in [0.3, 0.4) is 0 Å². The summed E-state index contributed by atoms with van der Waals surface area (Å²) in [5, 5.41) is 9.20. The maximum Gasteiger partial charge on any atom is 0.337 e. The molecule has 2 N–H and O–H groups in total. The molecule has 1 aromatic heterocycles. The molecule has 0 aliphatic carbocycles. The van der Waals surface area contributed by atoms with Gasteiger partial charge in [0.25, 0.3) is 0 Å². The largest absolute Gasteiger partial charge is 0.496 e. The van der Waals surface area contributed by atoms with Gasteiger partial charge in [-0.25, -0.2) is 9.78 Å². The van der Waals surface area contributed by atoms with Gasteiger partial charge in [-0.2, -0.15) is 0 Å². The third-order valence-corrected chi connectivity index (χ3v) is 3.61. The van der Waals surface area contributed by atoms with Crippen molar-refractivity contribution in [1.29, 1.82) is 0 Å². The van der Waals surface area contributed by atoms with Gasteiger partial charge in [-0.3, -0.25) is 0 Å². The summed E-state index contributed by atoms with van der Waals surface area (Å²) in [6.45, 7) is 1.98. The van der Waals surface area contributed by atoms with Gasteiger partial charge in [0.15, 0.2) is 0 Å². The number of aromatic carboxylic acids is 1. The number of ether oxygens (including phenoxy) is 1. The normalized spacial score (nSPS) is 11.2. The molecule has 0 fully saturated rings. The standard InChI is InChI=1S/C18H16N2O3/c1-11-10-12(6-8-15(11)23-2)7-9-16-19-14-5-3-4-13(18(21)22)17(14)20-16/h3-10H,1-2H3,(H,19,20)(H,21,22)/b9-7+. The van der Waals surface area contributed by atoms with Crippen molar-refractivity contribution in [2.24, 2.45) is 0 Å². The van der Waals surface area contributed by atoms with E-state index in [1.165, 1.54) is 0 Å². The first-order valence-electron chi connectivity index (χ1n) is 7.13. The highest BCUT2D eigenvalue weighted by Gasteiger charge is 2.11. The number of imidazole rings is 1. The summed E-state index contributed by atoms with van der Waals surface area (Å²) in [6.07, 6.45) is 3.75. The Morgan fingerprint density at radius 2 is 2.09 bits per heavy atom. The maximum absolute atomic E-state index is 11.2. The molecule has 3 aromatic rings. The lowest BCUT2D eigenvalue weighted by molar-refractivity contribution is 0.0699. The van der Waals surface area contributed by atoms with Crippen LogP contribution in [0.2, 0.25) is 0 Å². The molecule has 0 amide bonds. The fourth-order valence-electron chi connectivity index (χ4n) is 2.48. The third-order valence-electron chi connectivity index (χ3n) is 3.61. The van der Waals surface area contributed by atoms with Gasteiger partial charge in [-0.1, -0.05) is 18.2 Å². The van der Waals surface area contributed by atoms with Crippen molar-refractivity contribution in [2.45, 2.75) is 6.92 Å². The molecule has 0 unspecified atom stereocenters. The van der Waals surface area contributed by atoms with E-state index < -0.39 is 5.97 Å². The number of para-hydroxylation sites is 1. The van der Waals surface area contributed by atoms with Crippen LogP contribution in [0.4, 0.5) is 0 Å². The van der Waals surface area contributed by atoms with Crippen LogP contribution >= 0.6 is 0 Å². The zero-order valence-corrected chi connectivity index (χ0v) is 12.8. The van der Waals surface area contributed by atoms with Gasteiger partial charge >= 0.3 is 5.97 Å². The van der Waals surface area contributed by atoms with Gasteiger partial charge in [0.05, 0.1) is 18.2 Å². The van der Waals surface area contributed by atoms with Gasteiger partial charge in [-0.15, -0.1) is 0 Å². The predicted octanol–water partition coefficient (Wildman–Crippen LogP) is 3.75. The number of hydrogen-bond acceptors (Lipinski definition) is 3. The van der Waals surface area contributed by atoms with Crippen molar-refractivity contribution in [3.63, 3.8) is 0 Å². The molecule has 0 radical (unpaired) electrons. The second kappa shape index (κ2) is 5.96. The molecule has 0 bridgehead atoms. The Morgan fingerprint density at radius 1 is 1.26 bits per heavy atom. The lowest BCUT2D eigenvalue weighted by atomic mass is 10.1. The summed E-state index contributed by atoms with van der Waals surface area (Å²) >= 11 is 0. The summed E-state index contributed by atoms with van der Waals surface area (Å²) < 4.78 is 5.24. The monoisotopic (exact) mass is 308 g/mol. The van der Waals surface area contributed by atoms with E-state index in [1.54, 1.807) is 19.2 Å². The molecule has 0 aliphatic rings. The first kappa shape index (κ1) is 14.8. The van der Waals surface area contributed by atoms with E-state index in [2.05, 4.69) is 9.97 Å². The van der Waals surface area contributed by atoms with Crippen molar-refractivity contribution in [3.8, 4) is 5.75 Å².